The quantitative estimate of drug-likeness (QED) is 0.764. The Morgan fingerprint density at radius 3 is 3.00 bits per heavy atom. The molecule has 2 heterocycles. The van der Waals surface area contributed by atoms with Crippen molar-refractivity contribution in [1.29, 1.82) is 0 Å². The molecule has 0 bridgehead atoms. The molecule has 0 saturated heterocycles. The summed E-state index contributed by atoms with van der Waals surface area (Å²) in [6, 6.07) is 0. The third-order valence-corrected chi connectivity index (χ3v) is 2.37. The normalized spacial score (nSPS) is 10.5. The summed E-state index contributed by atoms with van der Waals surface area (Å²) >= 11 is 1.63. The van der Waals surface area contributed by atoms with Crippen LogP contribution in [0.2, 0.25) is 0 Å². The minimum atomic E-state index is 0.298. The summed E-state index contributed by atoms with van der Waals surface area (Å²) in [4.78, 5) is 8.13. The van der Waals surface area contributed by atoms with Gasteiger partial charge in [0.25, 0.3) is 0 Å². The second kappa shape index (κ2) is 3.14. The highest BCUT2D eigenvalue weighted by molar-refractivity contribution is 7.09. The molecule has 13 heavy (non-hydrogen) atoms. The highest BCUT2D eigenvalue weighted by atomic mass is 32.1. The van der Waals surface area contributed by atoms with Crippen LogP contribution in [0.25, 0.3) is 0 Å². The fourth-order valence-corrected chi connectivity index (χ4v) is 1.64. The number of hydrogen-bond acceptors (Lipinski definition) is 5. The second-order valence-electron chi connectivity index (χ2n) is 2.66. The van der Waals surface area contributed by atoms with Crippen molar-refractivity contribution in [2.45, 2.75) is 13.5 Å². The molecule has 0 aromatic carbocycles. The van der Waals surface area contributed by atoms with E-state index in [1.807, 2.05) is 12.3 Å². The first-order valence-electron chi connectivity index (χ1n) is 3.80. The first-order valence-corrected chi connectivity index (χ1v) is 4.68. The maximum absolute atomic E-state index is 5.38. The maximum atomic E-state index is 5.38. The minimum Gasteiger partial charge on any atom is -0.367 e. The summed E-state index contributed by atoms with van der Waals surface area (Å²) in [7, 11) is 0. The summed E-state index contributed by atoms with van der Waals surface area (Å²) in [5.74, 6) is 0.298. The van der Waals surface area contributed by atoms with Crippen molar-refractivity contribution in [3.63, 3.8) is 0 Å². The fraction of sp³-hybridized carbons (Fsp3) is 0.286. The summed E-state index contributed by atoms with van der Waals surface area (Å²) in [6.45, 7) is 2.61. The monoisotopic (exact) mass is 195 g/mol. The Hall–Kier alpha value is -1.43. The Balaban J connectivity index is 2.14. The Morgan fingerprint density at radius 1 is 1.62 bits per heavy atom. The number of anilines is 1. The van der Waals surface area contributed by atoms with E-state index in [2.05, 4.69) is 15.1 Å². The highest BCUT2D eigenvalue weighted by Crippen LogP contribution is 2.08. The lowest BCUT2D eigenvalue weighted by molar-refractivity contribution is 0.675. The molecule has 0 aliphatic carbocycles. The highest BCUT2D eigenvalue weighted by Gasteiger charge is 2.00. The van der Waals surface area contributed by atoms with Gasteiger partial charge in [-0.05, 0) is 6.92 Å². The Morgan fingerprint density at radius 2 is 2.46 bits per heavy atom. The Bertz CT molecular complexity index is 366. The third kappa shape index (κ3) is 1.83. The van der Waals surface area contributed by atoms with Gasteiger partial charge in [0, 0.05) is 5.38 Å². The number of rotatable bonds is 2. The molecule has 2 N–H and O–H groups in total. The van der Waals surface area contributed by atoms with Crippen molar-refractivity contribution in [1.82, 2.24) is 19.7 Å². The van der Waals surface area contributed by atoms with Crippen molar-refractivity contribution in [3.8, 4) is 0 Å². The molecule has 0 amide bonds. The van der Waals surface area contributed by atoms with E-state index in [0.717, 1.165) is 10.7 Å². The Kier molecular flexibility index (Phi) is 1.97. The molecule has 0 atom stereocenters. The lowest BCUT2D eigenvalue weighted by Crippen LogP contribution is -2.01. The van der Waals surface area contributed by atoms with Gasteiger partial charge in [-0.3, -0.25) is 0 Å². The zero-order valence-electron chi connectivity index (χ0n) is 7.14. The van der Waals surface area contributed by atoms with E-state index >= 15 is 0 Å². The van der Waals surface area contributed by atoms with E-state index in [-0.39, 0.29) is 0 Å². The first kappa shape index (κ1) is 8.18. The molecule has 68 valence electrons. The van der Waals surface area contributed by atoms with E-state index in [9.17, 15) is 0 Å². The maximum Gasteiger partial charge on any atom is 0.239 e. The summed E-state index contributed by atoms with van der Waals surface area (Å²) in [6.07, 6.45) is 1.60. The molecule has 0 aliphatic rings. The van der Waals surface area contributed by atoms with E-state index < -0.39 is 0 Å². The van der Waals surface area contributed by atoms with Crippen LogP contribution in [-0.2, 0) is 6.54 Å². The van der Waals surface area contributed by atoms with Gasteiger partial charge in [-0.15, -0.1) is 16.4 Å². The number of aromatic nitrogens is 4. The van der Waals surface area contributed by atoms with E-state index in [1.54, 1.807) is 22.3 Å². The predicted octanol–water partition coefficient (Wildman–Crippen LogP) is 0.674. The van der Waals surface area contributed by atoms with Crippen molar-refractivity contribution in [2.24, 2.45) is 0 Å². The standard InChI is InChI=1S/C7H9N5S/c1-5-10-6(3-13-5)2-12-4-9-7(8)11-12/h3-4H,2H2,1H3,(H2,8,11). The van der Waals surface area contributed by atoms with Crippen LogP contribution >= 0.6 is 11.3 Å². The number of aryl methyl sites for hydroxylation is 1. The molecule has 0 aliphatic heterocycles. The molecule has 2 rings (SSSR count). The van der Waals surface area contributed by atoms with Crippen LogP contribution in [-0.4, -0.2) is 19.7 Å². The average Bonchev–Trinajstić information content (AvgIpc) is 2.62. The molecule has 0 fully saturated rings. The van der Waals surface area contributed by atoms with Gasteiger partial charge in [0.2, 0.25) is 5.95 Å². The van der Waals surface area contributed by atoms with Gasteiger partial charge in [0.05, 0.1) is 17.2 Å². The second-order valence-corrected chi connectivity index (χ2v) is 3.72. The van der Waals surface area contributed by atoms with Crippen molar-refractivity contribution in [3.05, 3.63) is 22.4 Å². The molecule has 0 unspecified atom stereocenters. The van der Waals surface area contributed by atoms with Crippen LogP contribution in [0.5, 0.6) is 0 Å². The van der Waals surface area contributed by atoms with Crippen LogP contribution in [0.3, 0.4) is 0 Å². The first-order chi connectivity index (χ1) is 6.24. The largest absolute Gasteiger partial charge is 0.367 e. The van der Waals surface area contributed by atoms with Crippen molar-refractivity contribution >= 4 is 17.3 Å². The zero-order valence-corrected chi connectivity index (χ0v) is 7.95. The van der Waals surface area contributed by atoms with Crippen molar-refractivity contribution < 1.29 is 0 Å². The number of nitrogens with two attached hydrogens (primary N) is 1. The lowest BCUT2D eigenvalue weighted by Gasteiger charge is -1.94. The van der Waals surface area contributed by atoms with Crippen molar-refractivity contribution in [2.75, 3.05) is 5.73 Å². The Labute approximate surface area is 79.2 Å². The van der Waals surface area contributed by atoms with Crippen LogP contribution in [0.15, 0.2) is 11.7 Å². The topological polar surface area (TPSA) is 69.6 Å². The smallest absolute Gasteiger partial charge is 0.239 e. The molecule has 2 aromatic rings. The average molecular weight is 195 g/mol. The molecule has 6 heteroatoms. The SMILES string of the molecule is Cc1nc(Cn2cnc(N)n2)cs1. The molecule has 0 saturated carbocycles. The van der Waals surface area contributed by atoms with Crippen LogP contribution in [0.1, 0.15) is 10.7 Å². The minimum absolute atomic E-state index is 0.298. The number of hydrogen-bond donors (Lipinski definition) is 1. The van der Waals surface area contributed by atoms with Crippen LogP contribution in [0.4, 0.5) is 5.95 Å². The molecular formula is C7H9N5S. The molecule has 0 spiro atoms. The van der Waals surface area contributed by atoms with Crippen LogP contribution in [0, 0.1) is 6.92 Å². The molecule has 5 nitrogen and oxygen atoms in total. The van der Waals surface area contributed by atoms with Gasteiger partial charge >= 0.3 is 0 Å². The van der Waals surface area contributed by atoms with Gasteiger partial charge in [-0.1, -0.05) is 0 Å². The molecule has 2 aromatic heterocycles. The number of nitrogen functional groups attached to an aromatic ring is 1. The van der Waals surface area contributed by atoms with Gasteiger partial charge in [-0.2, -0.15) is 0 Å². The van der Waals surface area contributed by atoms with E-state index in [0.29, 0.717) is 12.5 Å². The lowest BCUT2D eigenvalue weighted by atomic mass is 10.5. The summed E-state index contributed by atoms with van der Waals surface area (Å²) in [5, 5.41) is 7.03. The van der Waals surface area contributed by atoms with Gasteiger partial charge in [-0.25, -0.2) is 14.6 Å². The van der Waals surface area contributed by atoms with Crippen LogP contribution < -0.4 is 5.73 Å². The summed E-state index contributed by atoms with van der Waals surface area (Å²) in [5.41, 5.74) is 6.37. The number of nitrogens with zero attached hydrogens (tertiary/aromatic N) is 4. The van der Waals surface area contributed by atoms with Gasteiger partial charge in [0.15, 0.2) is 0 Å². The molecular weight excluding hydrogens is 186 g/mol. The third-order valence-electron chi connectivity index (χ3n) is 1.54. The van der Waals surface area contributed by atoms with Gasteiger partial charge in [0.1, 0.15) is 6.33 Å². The molecule has 0 radical (unpaired) electrons. The predicted molar refractivity (Wildman–Crippen MR) is 50.4 cm³/mol. The fourth-order valence-electron chi connectivity index (χ4n) is 1.03. The number of thiazole rings is 1. The summed E-state index contributed by atoms with van der Waals surface area (Å²) < 4.78 is 1.67. The van der Waals surface area contributed by atoms with Gasteiger partial charge < -0.3 is 5.73 Å². The van der Waals surface area contributed by atoms with E-state index in [1.165, 1.54) is 0 Å². The zero-order chi connectivity index (χ0) is 9.26. The van der Waals surface area contributed by atoms with E-state index in [4.69, 9.17) is 5.73 Å².